The van der Waals surface area contributed by atoms with Crippen LogP contribution in [0.1, 0.15) is 23.3 Å². The summed E-state index contributed by atoms with van der Waals surface area (Å²) in [6.07, 6.45) is 1.96. The molecule has 0 spiro atoms. The molecule has 0 saturated carbocycles. The maximum Gasteiger partial charge on any atom is 0.296 e. The number of amides is 1. The highest BCUT2D eigenvalue weighted by atomic mass is 35.5. The lowest BCUT2D eigenvalue weighted by Gasteiger charge is -2.25. The van der Waals surface area contributed by atoms with Crippen molar-refractivity contribution in [3.8, 4) is 0 Å². The lowest BCUT2D eigenvalue weighted by atomic mass is 10.3. The van der Waals surface area contributed by atoms with Crippen LogP contribution in [0.2, 0.25) is 5.15 Å². The highest BCUT2D eigenvalue weighted by molar-refractivity contribution is 6.29. The number of hydrogen-bond donors (Lipinski definition) is 0. The molecular formula is C10H11ClN2O2. The molecule has 4 nitrogen and oxygen atoms in total. The molecule has 15 heavy (non-hydrogen) atoms. The van der Waals surface area contributed by atoms with Gasteiger partial charge in [-0.1, -0.05) is 17.7 Å². The van der Waals surface area contributed by atoms with E-state index < -0.39 is 0 Å². The maximum absolute atomic E-state index is 11.8. The molecule has 0 radical (unpaired) electrons. The summed E-state index contributed by atoms with van der Waals surface area (Å²) in [7, 11) is 0. The van der Waals surface area contributed by atoms with E-state index in [2.05, 4.69) is 4.98 Å². The molecular weight excluding hydrogens is 216 g/mol. The smallest absolute Gasteiger partial charge is 0.271 e. The van der Waals surface area contributed by atoms with Crippen molar-refractivity contribution >= 4 is 17.5 Å². The molecule has 1 amide bonds. The van der Waals surface area contributed by atoms with Crippen molar-refractivity contribution in [2.24, 2.45) is 0 Å². The van der Waals surface area contributed by atoms with Crippen LogP contribution in [-0.4, -0.2) is 29.1 Å². The molecule has 1 aromatic heterocycles. The second-order valence-corrected chi connectivity index (χ2v) is 3.68. The summed E-state index contributed by atoms with van der Waals surface area (Å²) in [6.45, 7) is 1.21. The van der Waals surface area contributed by atoms with Gasteiger partial charge in [-0.2, -0.15) is 0 Å². The predicted octanol–water partition coefficient (Wildman–Crippen LogP) is 1.90. The van der Waals surface area contributed by atoms with E-state index in [0.717, 1.165) is 12.8 Å². The van der Waals surface area contributed by atoms with Crippen LogP contribution < -0.4 is 0 Å². The normalized spacial score (nSPS) is 16.5. The molecule has 1 aliphatic rings. The summed E-state index contributed by atoms with van der Waals surface area (Å²) in [5, 5.41) is 1.67. The van der Waals surface area contributed by atoms with E-state index in [4.69, 9.17) is 16.4 Å². The van der Waals surface area contributed by atoms with E-state index in [1.54, 1.807) is 18.2 Å². The van der Waals surface area contributed by atoms with E-state index in [-0.39, 0.29) is 5.91 Å². The molecule has 0 atom stereocenters. The van der Waals surface area contributed by atoms with Gasteiger partial charge in [-0.05, 0) is 25.0 Å². The topological polar surface area (TPSA) is 42.4 Å². The predicted molar refractivity (Wildman–Crippen MR) is 55.5 cm³/mol. The van der Waals surface area contributed by atoms with Gasteiger partial charge in [0.1, 0.15) is 10.8 Å². The summed E-state index contributed by atoms with van der Waals surface area (Å²) in [4.78, 5) is 21.0. The Morgan fingerprint density at radius 3 is 3.00 bits per heavy atom. The van der Waals surface area contributed by atoms with Gasteiger partial charge in [-0.15, -0.1) is 0 Å². The zero-order valence-electron chi connectivity index (χ0n) is 8.15. The molecule has 5 heteroatoms. The van der Waals surface area contributed by atoms with Crippen LogP contribution in [0.5, 0.6) is 0 Å². The quantitative estimate of drug-likeness (QED) is 0.687. The number of hydroxylamine groups is 2. The molecule has 2 rings (SSSR count). The minimum absolute atomic E-state index is 0.225. The van der Waals surface area contributed by atoms with Gasteiger partial charge in [0.05, 0.1) is 6.61 Å². The monoisotopic (exact) mass is 226 g/mol. The Kier molecular flexibility index (Phi) is 3.18. The summed E-state index contributed by atoms with van der Waals surface area (Å²) in [5.74, 6) is -0.225. The first kappa shape index (κ1) is 10.4. The van der Waals surface area contributed by atoms with Crippen molar-refractivity contribution in [2.45, 2.75) is 12.8 Å². The largest absolute Gasteiger partial charge is 0.296 e. The second-order valence-electron chi connectivity index (χ2n) is 3.29. The highest BCUT2D eigenvalue weighted by Gasteiger charge is 2.20. The molecule has 0 aliphatic carbocycles. The Morgan fingerprint density at radius 1 is 1.47 bits per heavy atom. The molecule has 1 aromatic rings. The first-order valence-electron chi connectivity index (χ1n) is 4.85. The fraction of sp³-hybridized carbons (Fsp3) is 0.400. The molecule has 0 aromatic carbocycles. The number of carbonyl (C=O) groups is 1. The highest BCUT2D eigenvalue weighted by Crippen LogP contribution is 2.12. The molecule has 1 aliphatic heterocycles. The van der Waals surface area contributed by atoms with Crippen molar-refractivity contribution in [3.05, 3.63) is 29.0 Å². The third-order valence-corrected chi connectivity index (χ3v) is 2.37. The maximum atomic E-state index is 11.8. The number of halogens is 1. The van der Waals surface area contributed by atoms with Gasteiger partial charge in [-0.3, -0.25) is 9.63 Å². The SMILES string of the molecule is O=C(c1cccc(Cl)n1)N1CCCCO1. The Labute approximate surface area is 92.8 Å². The Hall–Kier alpha value is -1.13. The molecule has 1 fully saturated rings. The number of nitrogens with zero attached hydrogens (tertiary/aromatic N) is 2. The average Bonchev–Trinajstić information content (AvgIpc) is 2.29. The van der Waals surface area contributed by atoms with Crippen molar-refractivity contribution in [1.82, 2.24) is 10.0 Å². The number of pyridine rings is 1. The fourth-order valence-corrected chi connectivity index (χ4v) is 1.58. The van der Waals surface area contributed by atoms with Crippen molar-refractivity contribution < 1.29 is 9.63 Å². The standard InChI is InChI=1S/C10H11ClN2O2/c11-9-5-3-4-8(12-9)10(14)13-6-1-2-7-15-13/h3-5H,1-2,6-7H2. The van der Waals surface area contributed by atoms with E-state index in [1.165, 1.54) is 5.06 Å². The Bertz CT molecular complexity index is 364. The number of hydrogen-bond acceptors (Lipinski definition) is 3. The van der Waals surface area contributed by atoms with Crippen LogP contribution in [0.25, 0.3) is 0 Å². The molecule has 0 bridgehead atoms. The summed E-state index contributed by atoms with van der Waals surface area (Å²) < 4.78 is 0. The van der Waals surface area contributed by atoms with Gasteiger partial charge in [0.2, 0.25) is 0 Å². The minimum atomic E-state index is -0.225. The summed E-state index contributed by atoms with van der Waals surface area (Å²) in [6, 6.07) is 4.97. The zero-order chi connectivity index (χ0) is 10.7. The molecule has 2 heterocycles. The zero-order valence-corrected chi connectivity index (χ0v) is 8.91. The van der Waals surface area contributed by atoms with Gasteiger partial charge in [0.15, 0.2) is 0 Å². The minimum Gasteiger partial charge on any atom is -0.271 e. The molecule has 0 N–H and O–H groups in total. The van der Waals surface area contributed by atoms with Crippen molar-refractivity contribution in [2.75, 3.05) is 13.2 Å². The molecule has 80 valence electrons. The first-order chi connectivity index (χ1) is 7.27. The lowest BCUT2D eigenvalue weighted by Crippen LogP contribution is -2.36. The second kappa shape index (κ2) is 4.59. The fourth-order valence-electron chi connectivity index (χ4n) is 1.41. The lowest BCUT2D eigenvalue weighted by molar-refractivity contribution is -0.144. The van der Waals surface area contributed by atoms with Crippen LogP contribution in [0.15, 0.2) is 18.2 Å². The average molecular weight is 227 g/mol. The number of carbonyl (C=O) groups excluding carboxylic acids is 1. The molecule has 1 saturated heterocycles. The van der Waals surface area contributed by atoms with E-state index in [0.29, 0.717) is 24.0 Å². The summed E-state index contributed by atoms with van der Waals surface area (Å²) in [5.41, 5.74) is 0.324. The van der Waals surface area contributed by atoms with E-state index >= 15 is 0 Å². The van der Waals surface area contributed by atoms with Crippen molar-refractivity contribution in [1.29, 1.82) is 0 Å². The third kappa shape index (κ3) is 2.46. The van der Waals surface area contributed by atoms with Crippen LogP contribution in [0.3, 0.4) is 0 Å². The first-order valence-corrected chi connectivity index (χ1v) is 5.22. The number of aromatic nitrogens is 1. The summed E-state index contributed by atoms with van der Waals surface area (Å²) >= 11 is 5.71. The Balaban J connectivity index is 2.12. The van der Waals surface area contributed by atoms with Crippen LogP contribution in [-0.2, 0) is 4.84 Å². The number of rotatable bonds is 1. The van der Waals surface area contributed by atoms with Gasteiger partial charge < -0.3 is 0 Å². The van der Waals surface area contributed by atoms with Crippen LogP contribution >= 0.6 is 11.6 Å². The van der Waals surface area contributed by atoms with Gasteiger partial charge in [0.25, 0.3) is 5.91 Å². The Morgan fingerprint density at radius 2 is 2.33 bits per heavy atom. The molecule has 0 unspecified atom stereocenters. The van der Waals surface area contributed by atoms with Gasteiger partial charge in [0, 0.05) is 6.54 Å². The van der Waals surface area contributed by atoms with Crippen molar-refractivity contribution in [3.63, 3.8) is 0 Å². The van der Waals surface area contributed by atoms with Crippen LogP contribution in [0.4, 0.5) is 0 Å². The third-order valence-electron chi connectivity index (χ3n) is 2.16. The van der Waals surface area contributed by atoms with Gasteiger partial charge in [-0.25, -0.2) is 10.0 Å². The van der Waals surface area contributed by atoms with E-state index in [9.17, 15) is 4.79 Å². The van der Waals surface area contributed by atoms with Gasteiger partial charge >= 0.3 is 0 Å². The van der Waals surface area contributed by atoms with Crippen LogP contribution in [0, 0.1) is 0 Å². The van der Waals surface area contributed by atoms with E-state index in [1.807, 2.05) is 0 Å².